The number of hydrogen-bond donors (Lipinski definition) is 2. The standard InChI is InChI=1S/C38H51F2N3O6/c1-27-21-22-49-33-26-42-25-31(37(47)41-24-28-19-20-29(39)23-32(28)40)36(46)30(35(42)38(48)43(27)33)17-15-13-11-9-7-5-3-2-4-6-8-10-12-14-16-18-34(44)45/h2,4,19-20,23,25,27,33H,3,5-18,21-22,24,26H2,1H3,(H,41,47)(H,44,45)/b4-2-/t27-,33+/m1/s1. The molecule has 1 aromatic heterocycles. The second-order valence-electron chi connectivity index (χ2n) is 13.3. The number of aliphatic carboxylic acids is 1. The van der Waals surface area contributed by atoms with Gasteiger partial charge < -0.3 is 24.6 Å². The largest absolute Gasteiger partial charge is 0.481 e. The number of unbranched alkanes of at least 4 members (excludes halogenated alkanes) is 11. The SMILES string of the molecule is C[C@@H]1CCO[C@H]2Cn3cc(C(=O)NCc4ccc(F)cc4F)c(=O)c(CCCCCCCC/C=C\CCCCCCCC(=O)O)c3C(=O)N12. The van der Waals surface area contributed by atoms with Gasteiger partial charge in [0.05, 0.1) is 13.2 Å². The molecule has 1 saturated heterocycles. The second kappa shape index (κ2) is 19.4. The molecule has 3 heterocycles. The minimum atomic E-state index is -0.788. The number of carboxylic acids is 1. The van der Waals surface area contributed by atoms with E-state index in [1.54, 1.807) is 9.47 Å². The fraction of sp³-hybridized carbons (Fsp3) is 0.579. The number of allylic oxidation sites excluding steroid dienone is 2. The van der Waals surface area contributed by atoms with Crippen LogP contribution in [0.4, 0.5) is 8.78 Å². The summed E-state index contributed by atoms with van der Waals surface area (Å²) in [6.45, 7) is 2.58. The first-order chi connectivity index (χ1) is 23.7. The molecule has 0 unspecified atom stereocenters. The minimum absolute atomic E-state index is 0.0340. The van der Waals surface area contributed by atoms with Gasteiger partial charge in [0.1, 0.15) is 22.9 Å². The number of carboxylic acid groups (broad SMARTS) is 1. The van der Waals surface area contributed by atoms with Crippen LogP contribution in [0, 0.1) is 11.6 Å². The van der Waals surface area contributed by atoms with Crippen molar-refractivity contribution in [2.24, 2.45) is 0 Å². The van der Waals surface area contributed by atoms with Gasteiger partial charge in [-0.05, 0) is 64.4 Å². The molecule has 2 N–H and O–H groups in total. The van der Waals surface area contributed by atoms with Gasteiger partial charge in [-0.15, -0.1) is 0 Å². The summed E-state index contributed by atoms with van der Waals surface area (Å²) >= 11 is 0. The Balaban J connectivity index is 1.28. The Morgan fingerprint density at radius 1 is 0.959 bits per heavy atom. The fourth-order valence-corrected chi connectivity index (χ4v) is 6.66. The monoisotopic (exact) mass is 683 g/mol. The number of carbonyl (C=O) groups excluding carboxylic acids is 2. The number of halogens is 2. The summed E-state index contributed by atoms with van der Waals surface area (Å²) in [6.07, 6.45) is 19.9. The van der Waals surface area contributed by atoms with E-state index in [0.717, 1.165) is 89.2 Å². The summed E-state index contributed by atoms with van der Waals surface area (Å²) in [5.74, 6) is -3.17. The normalized spacial score (nSPS) is 17.3. The smallest absolute Gasteiger partial charge is 0.303 e. The lowest BCUT2D eigenvalue weighted by atomic mass is 9.97. The van der Waals surface area contributed by atoms with Crippen LogP contribution < -0.4 is 10.7 Å². The third-order valence-corrected chi connectivity index (χ3v) is 9.47. The Bertz CT molecular complexity index is 1520. The van der Waals surface area contributed by atoms with Crippen molar-refractivity contribution < 1.29 is 33.0 Å². The molecule has 2 amide bonds. The highest BCUT2D eigenvalue weighted by atomic mass is 19.1. The van der Waals surface area contributed by atoms with Crippen molar-refractivity contribution in [1.29, 1.82) is 0 Å². The molecule has 0 saturated carbocycles. The summed E-state index contributed by atoms with van der Waals surface area (Å²) in [5.41, 5.74) is 0.121. The summed E-state index contributed by atoms with van der Waals surface area (Å²) in [4.78, 5) is 53.0. The van der Waals surface area contributed by atoms with E-state index < -0.39 is 35.2 Å². The number of benzene rings is 1. The maximum atomic E-state index is 14.2. The predicted molar refractivity (Wildman–Crippen MR) is 183 cm³/mol. The molecular weight excluding hydrogens is 632 g/mol. The average Bonchev–Trinajstić information content (AvgIpc) is 3.06. The number of rotatable bonds is 20. The van der Waals surface area contributed by atoms with E-state index >= 15 is 0 Å². The molecule has 268 valence electrons. The van der Waals surface area contributed by atoms with Crippen LogP contribution in [0.25, 0.3) is 0 Å². The van der Waals surface area contributed by atoms with E-state index in [-0.39, 0.29) is 36.0 Å². The van der Waals surface area contributed by atoms with Gasteiger partial charge in [0, 0.05) is 42.4 Å². The van der Waals surface area contributed by atoms with Gasteiger partial charge in [0.15, 0.2) is 11.7 Å². The van der Waals surface area contributed by atoms with Gasteiger partial charge in [0.25, 0.3) is 11.8 Å². The molecular formula is C38H51F2N3O6. The van der Waals surface area contributed by atoms with E-state index in [0.29, 0.717) is 43.7 Å². The quantitative estimate of drug-likeness (QED) is 0.112. The Kier molecular flexibility index (Phi) is 15.0. The lowest BCUT2D eigenvalue weighted by molar-refractivity contribution is -0.137. The molecule has 2 atom stereocenters. The van der Waals surface area contributed by atoms with Crippen molar-refractivity contribution in [3.05, 3.63) is 80.8 Å². The number of carbonyl (C=O) groups is 3. The number of nitrogens with one attached hydrogen (secondary N) is 1. The van der Waals surface area contributed by atoms with Crippen molar-refractivity contribution in [3.63, 3.8) is 0 Å². The topological polar surface area (TPSA) is 118 Å². The second-order valence-corrected chi connectivity index (χ2v) is 13.3. The molecule has 11 heteroatoms. The first-order valence-corrected chi connectivity index (χ1v) is 18.0. The summed E-state index contributed by atoms with van der Waals surface area (Å²) in [6, 6.07) is 3.07. The van der Waals surface area contributed by atoms with Crippen LogP contribution in [0.15, 0.2) is 41.3 Å². The maximum absolute atomic E-state index is 14.2. The van der Waals surface area contributed by atoms with Gasteiger partial charge in [-0.25, -0.2) is 8.78 Å². The Hall–Kier alpha value is -3.86. The van der Waals surface area contributed by atoms with Crippen molar-refractivity contribution in [2.45, 2.75) is 135 Å². The highest BCUT2D eigenvalue weighted by Gasteiger charge is 2.40. The van der Waals surface area contributed by atoms with Gasteiger partial charge >= 0.3 is 5.97 Å². The van der Waals surface area contributed by atoms with E-state index in [2.05, 4.69) is 17.5 Å². The van der Waals surface area contributed by atoms with E-state index in [1.807, 2.05) is 6.92 Å². The molecule has 0 radical (unpaired) electrons. The highest BCUT2D eigenvalue weighted by Crippen LogP contribution is 2.28. The van der Waals surface area contributed by atoms with Crippen molar-refractivity contribution in [2.75, 3.05) is 6.61 Å². The Morgan fingerprint density at radius 2 is 1.61 bits per heavy atom. The molecule has 0 bridgehead atoms. The van der Waals surface area contributed by atoms with E-state index in [4.69, 9.17) is 9.84 Å². The number of ether oxygens (including phenoxy) is 1. The average molecular weight is 684 g/mol. The molecule has 0 spiro atoms. The number of amides is 2. The Labute approximate surface area is 287 Å². The van der Waals surface area contributed by atoms with Crippen molar-refractivity contribution >= 4 is 17.8 Å². The molecule has 2 aliphatic heterocycles. The minimum Gasteiger partial charge on any atom is -0.481 e. The molecule has 49 heavy (non-hydrogen) atoms. The third kappa shape index (κ3) is 11.1. The van der Waals surface area contributed by atoms with Crippen LogP contribution in [0.3, 0.4) is 0 Å². The van der Waals surface area contributed by atoms with Gasteiger partial charge in [0.2, 0.25) is 0 Å². The summed E-state index contributed by atoms with van der Waals surface area (Å²) < 4.78 is 35.1. The molecule has 9 nitrogen and oxygen atoms in total. The molecule has 2 aliphatic rings. The maximum Gasteiger partial charge on any atom is 0.303 e. The predicted octanol–water partition coefficient (Wildman–Crippen LogP) is 7.29. The zero-order valence-electron chi connectivity index (χ0n) is 28.7. The highest BCUT2D eigenvalue weighted by molar-refractivity contribution is 5.98. The van der Waals surface area contributed by atoms with Crippen LogP contribution in [0.5, 0.6) is 0 Å². The van der Waals surface area contributed by atoms with E-state index in [9.17, 15) is 28.0 Å². The van der Waals surface area contributed by atoms with E-state index in [1.165, 1.54) is 12.3 Å². The third-order valence-electron chi connectivity index (χ3n) is 9.47. The number of hydrogen-bond acceptors (Lipinski definition) is 5. The zero-order valence-corrected chi connectivity index (χ0v) is 28.7. The van der Waals surface area contributed by atoms with Crippen LogP contribution in [0.2, 0.25) is 0 Å². The number of pyridine rings is 1. The number of fused-ring (bicyclic) bond motifs is 2. The zero-order chi connectivity index (χ0) is 35.2. The van der Waals surface area contributed by atoms with Crippen LogP contribution >= 0.6 is 0 Å². The first-order valence-electron chi connectivity index (χ1n) is 18.0. The van der Waals surface area contributed by atoms with Crippen molar-refractivity contribution in [1.82, 2.24) is 14.8 Å². The molecule has 1 aromatic carbocycles. The van der Waals surface area contributed by atoms with Crippen LogP contribution in [-0.4, -0.2) is 51.2 Å². The van der Waals surface area contributed by atoms with Crippen LogP contribution in [-0.2, 0) is 29.0 Å². The summed E-state index contributed by atoms with van der Waals surface area (Å²) in [5, 5.41) is 11.3. The Morgan fingerprint density at radius 3 is 2.29 bits per heavy atom. The molecule has 4 rings (SSSR count). The van der Waals surface area contributed by atoms with Crippen molar-refractivity contribution in [3.8, 4) is 0 Å². The molecule has 1 fully saturated rings. The van der Waals surface area contributed by atoms with Crippen LogP contribution in [0.1, 0.15) is 135 Å². The first kappa shape index (κ1) is 38.0. The lowest BCUT2D eigenvalue weighted by Gasteiger charge is -2.44. The van der Waals surface area contributed by atoms with Gasteiger partial charge in [-0.3, -0.25) is 19.2 Å². The molecule has 2 aromatic rings. The number of aromatic nitrogens is 1. The summed E-state index contributed by atoms with van der Waals surface area (Å²) in [7, 11) is 0. The molecule has 0 aliphatic carbocycles. The van der Waals surface area contributed by atoms with Gasteiger partial charge in [-0.2, -0.15) is 0 Å². The lowest BCUT2D eigenvalue weighted by Crippen LogP contribution is -2.57. The number of nitrogens with zero attached hydrogens (tertiary/aromatic N) is 2. The fourth-order valence-electron chi connectivity index (χ4n) is 6.66. The van der Waals surface area contributed by atoms with Gasteiger partial charge in [-0.1, -0.05) is 63.2 Å².